The summed E-state index contributed by atoms with van der Waals surface area (Å²) < 4.78 is 31.5. The number of Topliss-reactive ketones (excluding diaryl/α,β-unsaturated/α-hetero) is 1. The van der Waals surface area contributed by atoms with E-state index >= 15 is 0 Å². The van der Waals surface area contributed by atoms with Crippen molar-refractivity contribution in [2.24, 2.45) is 5.92 Å². The molecule has 1 fully saturated rings. The molecule has 0 saturated heterocycles. The first-order chi connectivity index (χ1) is 7.49. The second-order valence-corrected chi connectivity index (χ2v) is 4.95. The molecular weight excluding hydrogens is 282 g/mol. The zero-order chi connectivity index (χ0) is 11.8. The fraction of sp³-hybridized carbons (Fsp3) is 0.545. The highest BCUT2D eigenvalue weighted by atomic mass is 79.9. The first-order valence-electron chi connectivity index (χ1n) is 5.15. The molecule has 16 heavy (non-hydrogen) atoms. The number of hydrogen-bond donors (Lipinski definition) is 0. The van der Waals surface area contributed by atoms with Crippen LogP contribution in [0.3, 0.4) is 0 Å². The highest BCUT2D eigenvalue weighted by Gasteiger charge is 2.38. The van der Waals surface area contributed by atoms with Gasteiger partial charge in [0.05, 0.1) is 10.7 Å². The maximum atomic E-state index is 12.9. The molecule has 1 aromatic rings. The molecule has 0 amide bonds. The van der Waals surface area contributed by atoms with Crippen LogP contribution >= 0.6 is 15.9 Å². The van der Waals surface area contributed by atoms with E-state index in [1.165, 1.54) is 6.26 Å². The first-order valence-corrected chi connectivity index (χ1v) is 5.94. The molecule has 1 aromatic heterocycles. The summed E-state index contributed by atoms with van der Waals surface area (Å²) in [5.74, 6) is -2.86. The van der Waals surface area contributed by atoms with Gasteiger partial charge in [0.15, 0.2) is 5.76 Å². The smallest absolute Gasteiger partial charge is 0.248 e. The van der Waals surface area contributed by atoms with E-state index in [-0.39, 0.29) is 43.1 Å². The van der Waals surface area contributed by atoms with E-state index in [0.717, 1.165) is 0 Å². The summed E-state index contributed by atoms with van der Waals surface area (Å²) in [6, 6.07) is 1.63. The van der Waals surface area contributed by atoms with E-state index in [4.69, 9.17) is 4.42 Å². The van der Waals surface area contributed by atoms with Crippen LogP contribution in [0.1, 0.15) is 36.2 Å². The summed E-state index contributed by atoms with van der Waals surface area (Å²) in [7, 11) is 0. The van der Waals surface area contributed by atoms with Crippen LogP contribution in [0.2, 0.25) is 0 Å². The quantitative estimate of drug-likeness (QED) is 0.770. The number of halogens is 3. The second-order valence-electron chi connectivity index (χ2n) is 4.09. The molecule has 88 valence electrons. The van der Waals surface area contributed by atoms with Crippen molar-refractivity contribution in [1.82, 2.24) is 0 Å². The van der Waals surface area contributed by atoms with Crippen LogP contribution in [0.25, 0.3) is 0 Å². The van der Waals surface area contributed by atoms with Crippen LogP contribution in [0.4, 0.5) is 8.78 Å². The van der Waals surface area contributed by atoms with E-state index in [1.54, 1.807) is 6.07 Å². The summed E-state index contributed by atoms with van der Waals surface area (Å²) in [6.45, 7) is 0. The molecule has 0 spiro atoms. The summed E-state index contributed by atoms with van der Waals surface area (Å²) in [4.78, 5) is 11.9. The minimum Gasteiger partial charge on any atom is -0.460 e. The maximum absolute atomic E-state index is 12.9. The van der Waals surface area contributed by atoms with Crippen LogP contribution in [0, 0.1) is 5.92 Å². The lowest BCUT2D eigenvalue weighted by Gasteiger charge is -2.26. The molecule has 0 bridgehead atoms. The minimum absolute atomic E-state index is 0.174. The van der Waals surface area contributed by atoms with Gasteiger partial charge in [0.2, 0.25) is 11.7 Å². The first kappa shape index (κ1) is 11.8. The van der Waals surface area contributed by atoms with Crippen molar-refractivity contribution in [3.8, 4) is 0 Å². The van der Waals surface area contributed by atoms with Gasteiger partial charge in [-0.2, -0.15) is 0 Å². The summed E-state index contributed by atoms with van der Waals surface area (Å²) in [5.41, 5.74) is 0. The summed E-state index contributed by atoms with van der Waals surface area (Å²) in [5, 5.41) is 0. The zero-order valence-electron chi connectivity index (χ0n) is 8.51. The lowest BCUT2D eigenvalue weighted by Crippen LogP contribution is -2.28. The van der Waals surface area contributed by atoms with Crippen molar-refractivity contribution >= 4 is 21.7 Å². The molecule has 5 heteroatoms. The number of carbonyl (C=O) groups is 1. The van der Waals surface area contributed by atoms with Gasteiger partial charge >= 0.3 is 0 Å². The third-order valence-corrected chi connectivity index (χ3v) is 3.55. The Morgan fingerprint density at radius 3 is 2.56 bits per heavy atom. The van der Waals surface area contributed by atoms with Crippen molar-refractivity contribution in [1.29, 1.82) is 0 Å². The van der Waals surface area contributed by atoms with E-state index in [9.17, 15) is 13.6 Å². The van der Waals surface area contributed by atoms with E-state index < -0.39 is 5.92 Å². The number of rotatable bonds is 2. The van der Waals surface area contributed by atoms with Crippen LogP contribution in [-0.2, 0) is 0 Å². The SMILES string of the molecule is O=C(c1occc1Br)C1CCC(F)(F)CC1. The van der Waals surface area contributed by atoms with Crippen molar-refractivity contribution < 1.29 is 18.0 Å². The van der Waals surface area contributed by atoms with Crippen molar-refractivity contribution in [2.45, 2.75) is 31.6 Å². The molecule has 1 aliphatic carbocycles. The van der Waals surface area contributed by atoms with Crippen LogP contribution in [0.5, 0.6) is 0 Å². The number of hydrogen-bond acceptors (Lipinski definition) is 2. The number of carbonyl (C=O) groups excluding carboxylic acids is 1. The van der Waals surface area contributed by atoms with Gasteiger partial charge in [-0.1, -0.05) is 0 Å². The topological polar surface area (TPSA) is 30.2 Å². The van der Waals surface area contributed by atoms with Crippen molar-refractivity contribution in [2.75, 3.05) is 0 Å². The van der Waals surface area contributed by atoms with Gasteiger partial charge in [-0.25, -0.2) is 8.78 Å². The molecule has 1 saturated carbocycles. The van der Waals surface area contributed by atoms with Crippen LogP contribution in [0.15, 0.2) is 21.2 Å². The molecular formula is C11H11BrF2O2. The summed E-state index contributed by atoms with van der Waals surface area (Å²) in [6.07, 6.45) is 1.47. The Morgan fingerprint density at radius 2 is 2.06 bits per heavy atom. The van der Waals surface area contributed by atoms with E-state index in [1.807, 2.05) is 0 Å². The van der Waals surface area contributed by atoms with Gasteiger partial charge in [0.25, 0.3) is 0 Å². The average molecular weight is 293 g/mol. The minimum atomic E-state index is -2.60. The van der Waals surface area contributed by atoms with Gasteiger partial charge in [-0.3, -0.25) is 4.79 Å². The van der Waals surface area contributed by atoms with Crippen molar-refractivity contribution in [3.63, 3.8) is 0 Å². The van der Waals surface area contributed by atoms with E-state index in [2.05, 4.69) is 15.9 Å². The summed E-state index contributed by atoms with van der Waals surface area (Å²) >= 11 is 3.19. The standard InChI is InChI=1S/C11H11BrF2O2/c12-8-3-6-16-10(8)9(15)7-1-4-11(13,14)5-2-7/h3,6-7H,1-2,4-5H2. The van der Waals surface area contributed by atoms with Crippen molar-refractivity contribution in [3.05, 3.63) is 22.6 Å². The molecule has 1 heterocycles. The number of furan rings is 1. The van der Waals surface area contributed by atoms with Crippen LogP contribution in [-0.4, -0.2) is 11.7 Å². The molecule has 0 aromatic carbocycles. The number of alkyl halides is 2. The largest absolute Gasteiger partial charge is 0.460 e. The molecule has 0 unspecified atom stereocenters. The second kappa shape index (κ2) is 4.28. The Morgan fingerprint density at radius 1 is 1.44 bits per heavy atom. The third kappa shape index (κ3) is 2.34. The molecule has 0 aliphatic heterocycles. The number of ketones is 1. The average Bonchev–Trinajstić information content (AvgIpc) is 2.63. The Balaban J connectivity index is 2.05. The maximum Gasteiger partial charge on any atom is 0.248 e. The Kier molecular flexibility index (Phi) is 3.15. The van der Waals surface area contributed by atoms with Gasteiger partial charge in [-0.05, 0) is 34.8 Å². The third-order valence-electron chi connectivity index (χ3n) is 2.93. The molecule has 1 aliphatic rings. The molecule has 2 nitrogen and oxygen atoms in total. The molecule has 0 N–H and O–H groups in total. The fourth-order valence-electron chi connectivity index (χ4n) is 1.96. The molecule has 0 atom stereocenters. The van der Waals surface area contributed by atoms with Gasteiger partial charge in [0.1, 0.15) is 0 Å². The molecule has 2 rings (SSSR count). The highest BCUT2D eigenvalue weighted by Crippen LogP contribution is 2.38. The van der Waals surface area contributed by atoms with Gasteiger partial charge in [-0.15, -0.1) is 0 Å². The van der Waals surface area contributed by atoms with E-state index in [0.29, 0.717) is 4.47 Å². The Bertz CT molecular complexity index is 390. The molecule has 0 radical (unpaired) electrons. The fourth-order valence-corrected chi connectivity index (χ4v) is 2.35. The van der Waals surface area contributed by atoms with Gasteiger partial charge < -0.3 is 4.42 Å². The van der Waals surface area contributed by atoms with Crippen LogP contribution < -0.4 is 0 Å². The predicted octanol–water partition coefficient (Wildman–Crippen LogP) is 4.05. The normalized spacial score (nSPS) is 20.9. The predicted molar refractivity (Wildman–Crippen MR) is 57.6 cm³/mol. The zero-order valence-corrected chi connectivity index (χ0v) is 10.1. The lowest BCUT2D eigenvalue weighted by atomic mass is 9.83. The lowest BCUT2D eigenvalue weighted by molar-refractivity contribution is -0.0426. The monoisotopic (exact) mass is 292 g/mol. The highest BCUT2D eigenvalue weighted by molar-refractivity contribution is 9.10. The van der Waals surface area contributed by atoms with Gasteiger partial charge in [0, 0.05) is 18.8 Å². The Hall–Kier alpha value is -0.710. The Labute approximate surface area is 100 Å².